The lowest BCUT2D eigenvalue weighted by Gasteiger charge is -2.35. The molecule has 0 radical (unpaired) electrons. The lowest BCUT2D eigenvalue weighted by molar-refractivity contribution is 0.0877. The van der Waals surface area contributed by atoms with Gasteiger partial charge in [-0.25, -0.2) is 17.1 Å². The van der Waals surface area contributed by atoms with Gasteiger partial charge in [0.1, 0.15) is 5.67 Å². The normalized spacial score (nSPS) is 24.2. The molecule has 96 valence electrons. The van der Waals surface area contributed by atoms with E-state index in [0.29, 0.717) is 0 Å². The van der Waals surface area contributed by atoms with Crippen molar-refractivity contribution < 1.29 is 12.8 Å². The first-order valence-electron chi connectivity index (χ1n) is 5.28. The minimum atomic E-state index is -3.18. The molecule has 0 aliphatic carbocycles. The summed E-state index contributed by atoms with van der Waals surface area (Å²) in [5.74, 6) is 0. The van der Waals surface area contributed by atoms with E-state index in [1.807, 2.05) is 6.92 Å². The Kier molecular flexibility index (Phi) is 4.62. The molecular formula is C9H19FN2O2S2. The fourth-order valence-electron chi connectivity index (χ4n) is 1.73. The van der Waals surface area contributed by atoms with Crippen LogP contribution < -0.4 is 5.32 Å². The van der Waals surface area contributed by atoms with E-state index in [1.54, 1.807) is 0 Å². The number of hydrogen-bond donors (Lipinski definition) is 2. The van der Waals surface area contributed by atoms with Gasteiger partial charge in [0.05, 0.1) is 6.26 Å². The van der Waals surface area contributed by atoms with Crippen LogP contribution in [0, 0.1) is 0 Å². The van der Waals surface area contributed by atoms with Crippen molar-refractivity contribution in [1.29, 1.82) is 0 Å². The first kappa shape index (κ1) is 14.2. The van der Waals surface area contributed by atoms with Crippen LogP contribution in [0.2, 0.25) is 0 Å². The molecule has 1 fully saturated rings. The highest BCUT2D eigenvalue weighted by molar-refractivity contribution is 7.88. The second-order valence-electron chi connectivity index (χ2n) is 4.37. The van der Waals surface area contributed by atoms with Crippen molar-refractivity contribution in [2.75, 3.05) is 25.9 Å². The maximum absolute atomic E-state index is 14.2. The van der Waals surface area contributed by atoms with Gasteiger partial charge in [-0.1, -0.05) is 0 Å². The smallest absolute Gasteiger partial charge is 0.211 e. The molecule has 1 aliphatic heterocycles. The van der Waals surface area contributed by atoms with E-state index >= 15 is 0 Å². The molecule has 0 spiro atoms. The zero-order valence-corrected chi connectivity index (χ0v) is 11.3. The third-order valence-electron chi connectivity index (χ3n) is 2.80. The van der Waals surface area contributed by atoms with E-state index in [4.69, 9.17) is 0 Å². The molecule has 1 aliphatic rings. The lowest BCUT2D eigenvalue weighted by Crippen LogP contribution is -2.49. The zero-order valence-electron chi connectivity index (χ0n) is 9.61. The van der Waals surface area contributed by atoms with E-state index < -0.39 is 15.7 Å². The van der Waals surface area contributed by atoms with Crippen molar-refractivity contribution in [3.8, 4) is 0 Å². The summed E-state index contributed by atoms with van der Waals surface area (Å²) in [5, 5.41) is 2.88. The number of sulfonamides is 1. The Hall–Kier alpha value is 0.150. The Labute approximate surface area is 102 Å². The third-order valence-corrected chi connectivity index (χ3v) is 4.29. The van der Waals surface area contributed by atoms with Crippen LogP contribution in [-0.2, 0) is 10.0 Å². The SMILES string of the molecule is CC(S)NCC1(F)CCN(S(C)(=O)=O)CC1. The second-order valence-corrected chi connectivity index (χ2v) is 7.13. The zero-order chi connectivity index (χ0) is 12.4. The van der Waals surface area contributed by atoms with Gasteiger partial charge in [-0.3, -0.25) is 0 Å². The summed E-state index contributed by atoms with van der Waals surface area (Å²) in [6.45, 7) is 2.59. The van der Waals surface area contributed by atoms with Crippen LogP contribution in [0.25, 0.3) is 0 Å². The molecule has 1 atom stereocenters. The van der Waals surface area contributed by atoms with Crippen LogP contribution in [0.4, 0.5) is 4.39 Å². The van der Waals surface area contributed by atoms with Gasteiger partial charge >= 0.3 is 0 Å². The summed E-state index contributed by atoms with van der Waals surface area (Å²) in [7, 11) is -3.18. The highest BCUT2D eigenvalue weighted by atomic mass is 32.2. The number of alkyl halides is 1. The fraction of sp³-hybridized carbons (Fsp3) is 1.00. The molecule has 0 aromatic heterocycles. The molecule has 1 rings (SSSR count). The molecule has 0 aromatic carbocycles. The Balaban J connectivity index is 2.47. The molecule has 16 heavy (non-hydrogen) atoms. The van der Waals surface area contributed by atoms with Crippen molar-refractivity contribution in [3.63, 3.8) is 0 Å². The molecule has 0 bridgehead atoms. The van der Waals surface area contributed by atoms with E-state index in [2.05, 4.69) is 17.9 Å². The topological polar surface area (TPSA) is 49.4 Å². The first-order valence-corrected chi connectivity index (χ1v) is 7.65. The Bertz CT molecular complexity index is 324. The number of rotatable bonds is 4. The highest BCUT2D eigenvalue weighted by Crippen LogP contribution is 2.27. The molecule has 1 heterocycles. The Morgan fingerprint density at radius 2 is 2.00 bits per heavy atom. The minimum absolute atomic E-state index is 0.0550. The summed E-state index contributed by atoms with van der Waals surface area (Å²) in [6, 6.07) is 0. The van der Waals surface area contributed by atoms with Crippen molar-refractivity contribution in [2.45, 2.75) is 30.8 Å². The third kappa shape index (κ3) is 4.20. The van der Waals surface area contributed by atoms with Crippen molar-refractivity contribution in [2.24, 2.45) is 0 Å². The molecule has 7 heteroatoms. The molecular weight excluding hydrogens is 251 g/mol. The lowest BCUT2D eigenvalue weighted by atomic mass is 9.94. The number of hydrogen-bond acceptors (Lipinski definition) is 4. The van der Waals surface area contributed by atoms with Gasteiger partial charge in [-0.15, -0.1) is 0 Å². The van der Waals surface area contributed by atoms with Crippen LogP contribution in [0.1, 0.15) is 19.8 Å². The van der Waals surface area contributed by atoms with Gasteiger partial charge in [0, 0.05) is 25.0 Å². The number of piperidine rings is 1. The van der Waals surface area contributed by atoms with Crippen molar-refractivity contribution >= 4 is 22.7 Å². The van der Waals surface area contributed by atoms with Crippen LogP contribution in [0.15, 0.2) is 0 Å². The quantitative estimate of drug-likeness (QED) is 0.581. The van der Waals surface area contributed by atoms with E-state index in [1.165, 1.54) is 4.31 Å². The summed E-state index contributed by atoms with van der Waals surface area (Å²) in [5.41, 5.74) is -1.31. The first-order chi connectivity index (χ1) is 7.23. The van der Waals surface area contributed by atoms with Crippen LogP contribution in [-0.4, -0.2) is 49.7 Å². The van der Waals surface area contributed by atoms with E-state index in [-0.39, 0.29) is 37.8 Å². The monoisotopic (exact) mass is 270 g/mol. The van der Waals surface area contributed by atoms with Gasteiger partial charge in [-0.05, 0) is 19.8 Å². The molecule has 1 unspecified atom stereocenters. The van der Waals surface area contributed by atoms with Crippen LogP contribution >= 0.6 is 12.6 Å². The molecule has 1 saturated heterocycles. The standard InChI is InChI=1S/C9H19FN2O2S2/c1-8(15)11-7-9(10)3-5-12(6-4-9)16(2,13)14/h8,11,15H,3-7H2,1-2H3. The van der Waals surface area contributed by atoms with Crippen LogP contribution in [0.5, 0.6) is 0 Å². The predicted octanol–water partition coefficient (Wildman–Crippen LogP) is 0.615. The maximum Gasteiger partial charge on any atom is 0.211 e. The summed E-state index contributed by atoms with van der Waals surface area (Å²) in [4.78, 5) is 0. The van der Waals surface area contributed by atoms with Gasteiger partial charge in [0.15, 0.2) is 0 Å². The molecule has 0 saturated carbocycles. The number of halogens is 1. The average molecular weight is 270 g/mol. The maximum atomic E-state index is 14.2. The summed E-state index contributed by atoms with van der Waals surface area (Å²) < 4.78 is 38.0. The highest BCUT2D eigenvalue weighted by Gasteiger charge is 2.36. The Morgan fingerprint density at radius 3 is 2.38 bits per heavy atom. The van der Waals surface area contributed by atoms with Crippen molar-refractivity contribution in [1.82, 2.24) is 9.62 Å². The van der Waals surface area contributed by atoms with Crippen LogP contribution in [0.3, 0.4) is 0 Å². The van der Waals surface area contributed by atoms with E-state index in [9.17, 15) is 12.8 Å². The largest absolute Gasteiger partial charge is 0.303 e. The predicted molar refractivity (Wildman–Crippen MR) is 65.9 cm³/mol. The number of thiol groups is 1. The number of nitrogens with zero attached hydrogens (tertiary/aromatic N) is 1. The minimum Gasteiger partial charge on any atom is -0.303 e. The molecule has 4 nitrogen and oxygen atoms in total. The van der Waals surface area contributed by atoms with Gasteiger partial charge in [-0.2, -0.15) is 12.6 Å². The second kappa shape index (κ2) is 5.20. The molecule has 0 aromatic rings. The van der Waals surface area contributed by atoms with Gasteiger partial charge in [0.2, 0.25) is 10.0 Å². The van der Waals surface area contributed by atoms with Gasteiger partial charge in [0.25, 0.3) is 0 Å². The summed E-state index contributed by atoms with van der Waals surface area (Å²) in [6.07, 6.45) is 1.65. The average Bonchev–Trinajstić information content (AvgIpc) is 2.14. The van der Waals surface area contributed by atoms with Gasteiger partial charge < -0.3 is 5.32 Å². The molecule has 0 amide bonds. The van der Waals surface area contributed by atoms with E-state index in [0.717, 1.165) is 6.26 Å². The molecule has 1 N–H and O–H groups in total. The Morgan fingerprint density at radius 1 is 1.50 bits per heavy atom. The fourth-order valence-corrected chi connectivity index (χ4v) is 2.66. The van der Waals surface area contributed by atoms with Crippen molar-refractivity contribution in [3.05, 3.63) is 0 Å². The summed E-state index contributed by atoms with van der Waals surface area (Å²) >= 11 is 4.11. The number of nitrogens with one attached hydrogen (secondary N) is 1.